The molecule has 2 N–H and O–H groups in total. The molecule has 6 heteroatoms. The molecular formula is C18H30N2O4. The lowest BCUT2D eigenvalue weighted by Gasteiger charge is -2.18. The molecule has 0 aromatic heterocycles. The Morgan fingerprint density at radius 1 is 1.08 bits per heavy atom. The molecule has 0 unspecified atom stereocenters. The predicted molar refractivity (Wildman–Crippen MR) is 94.9 cm³/mol. The van der Waals surface area contributed by atoms with Crippen molar-refractivity contribution in [2.24, 2.45) is 0 Å². The molecule has 0 heterocycles. The molecule has 0 bridgehead atoms. The molecule has 1 amide bonds. The first kappa shape index (κ1) is 20.3. The van der Waals surface area contributed by atoms with E-state index >= 15 is 0 Å². The van der Waals surface area contributed by atoms with E-state index in [0.717, 1.165) is 38.8 Å². The summed E-state index contributed by atoms with van der Waals surface area (Å²) in [5.74, 6) is 0.470. The molecule has 0 saturated carbocycles. The number of hydrogen-bond donors (Lipinski definition) is 2. The van der Waals surface area contributed by atoms with Crippen molar-refractivity contribution in [2.75, 3.05) is 31.4 Å². The van der Waals surface area contributed by atoms with Crippen LogP contribution in [0.2, 0.25) is 0 Å². The third kappa shape index (κ3) is 7.66. The summed E-state index contributed by atoms with van der Waals surface area (Å²) in [7, 11) is 0. The summed E-state index contributed by atoms with van der Waals surface area (Å²) in [4.78, 5) is 11.9. The Morgan fingerprint density at radius 3 is 2.62 bits per heavy atom. The van der Waals surface area contributed by atoms with Gasteiger partial charge in [0.05, 0.1) is 13.2 Å². The Labute approximate surface area is 144 Å². The second kappa shape index (κ2) is 12.6. The van der Waals surface area contributed by atoms with Crippen molar-refractivity contribution < 1.29 is 19.5 Å². The van der Waals surface area contributed by atoms with Crippen molar-refractivity contribution in [2.45, 2.75) is 46.0 Å². The van der Waals surface area contributed by atoms with Crippen LogP contribution in [0.5, 0.6) is 5.75 Å². The Bertz CT molecular complexity index is 468. The highest BCUT2D eigenvalue weighted by atomic mass is 16.6. The average molecular weight is 338 g/mol. The van der Waals surface area contributed by atoms with Crippen LogP contribution in [0.1, 0.15) is 46.0 Å². The van der Waals surface area contributed by atoms with Crippen molar-refractivity contribution in [3.63, 3.8) is 0 Å². The SMILES string of the molecule is CCCCCOc1ccccc1N(O)C(=O)OCCCNCCC. The lowest BCUT2D eigenvalue weighted by molar-refractivity contribution is 0.118. The normalized spacial score (nSPS) is 10.5. The standard InChI is InChI=1S/C18H30N2O4/c1-3-5-8-14-23-17-11-7-6-10-16(17)20(22)18(21)24-15-9-13-19-12-4-2/h6-7,10-11,19,22H,3-5,8-9,12-15H2,1-2H3. The largest absolute Gasteiger partial charge is 0.491 e. The Balaban J connectivity index is 2.44. The number of anilines is 1. The van der Waals surface area contributed by atoms with Gasteiger partial charge in [0, 0.05) is 0 Å². The number of unbranched alkanes of at least 4 members (excludes halogenated alkanes) is 2. The van der Waals surface area contributed by atoms with E-state index < -0.39 is 6.09 Å². The maximum absolute atomic E-state index is 11.9. The molecule has 0 aliphatic heterocycles. The van der Waals surface area contributed by atoms with Crippen molar-refractivity contribution in [1.29, 1.82) is 0 Å². The van der Waals surface area contributed by atoms with E-state index in [1.807, 2.05) is 0 Å². The number of nitrogens with one attached hydrogen (secondary N) is 1. The summed E-state index contributed by atoms with van der Waals surface area (Å²) >= 11 is 0. The zero-order chi connectivity index (χ0) is 17.6. The first-order valence-electron chi connectivity index (χ1n) is 8.79. The van der Waals surface area contributed by atoms with Crippen molar-refractivity contribution in [3.05, 3.63) is 24.3 Å². The van der Waals surface area contributed by atoms with Crippen LogP contribution < -0.4 is 15.1 Å². The third-order valence-electron chi connectivity index (χ3n) is 3.42. The lowest BCUT2D eigenvalue weighted by Crippen LogP contribution is -2.29. The van der Waals surface area contributed by atoms with Crippen molar-refractivity contribution in [3.8, 4) is 5.75 Å². The van der Waals surface area contributed by atoms with Gasteiger partial charge in [0.1, 0.15) is 11.4 Å². The zero-order valence-corrected chi connectivity index (χ0v) is 14.8. The van der Waals surface area contributed by atoms with Gasteiger partial charge in [-0.25, -0.2) is 4.79 Å². The van der Waals surface area contributed by atoms with E-state index in [1.165, 1.54) is 0 Å². The fourth-order valence-electron chi connectivity index (χ4n) is 2.11. The molecule has 6 nitrogen and oxygen atoms in total. The monoisotopic (exact) mass is 338 g/mol. The molecule has 1 rings (SSSR count). The Morgan fingerprint density at radius 2 is 1.88 bits per heavy atom. The van der Waals surface area contributed by atoms with Crippen LogP contribution in [-0.2, 0) is 4.74 Å². The summed E-state index contributed by atoms with van der Waals surface area (Å²) in [6.45, 7) is 6.76. The number of carbonyl (C=O) groups excluding carboxylic acids is 1. The minimum atomic E-state index is -0.796. The van der Waals surface area contributed by atoms with Crippen LogP contribution in [0.25, 0.3) is 0 Å². The number of hydroxylamine groups is 1. The second-order valence-electron chi connectivity index (χ2n) is 5.55. The number of amides is 1. The van der Waals surface area contributed by atoms with E-state index in [4.69, 9.17) is 9.47 Å². The first-order valence-corrected chi connectivity index (χ1v) is 8.79. The summed E-state index contributed by atoms with van der Waals surface area (Å²) < 4.78 is 10.7. The van der Waals surface area contributed by atoms with E-state index in [1.54, 1.807) is 24.3 Å². The van der Waals surface area contributed by atoms with E-state index in [0.29, 0.717) is 29.5 Å². The van der Waals surface area contributed by atoms with Crippen LogP contribution >= 0.6 is 0 Å². The van der Waals surface area contributed by atoms with Gasteiger partial charge in [-0.05, 0) is 44.5 Å². The van der Waals surface area contributed by atoms with Crippen LogP contribution in [0, 0.1) is 0 Å². The first-order chi connectivity index (χ1) is 11.7. The highest BCUT2D eigenvalue weighted by molar-refractivity contribution is 5.86. The van der Waals surface area contributed by atoms with Crippen LogP contribution in [0.3, 0.4) is 0 Å². The molecule has 1 aromatic carbocycles. The van der Waals surface area contributed by atoms with Gasteiger partial charge in [-0.15, -0.1) is 0 Å². The second-order valence-corrected chi connectivity index (χ2v) is 5.55. The molecule has 136 valence electrons. The number of hydrogen-bond acceptors (Lipinski definition) is 5. The maximum Gasteiger partial charge on any atom is 0.438 e. The fourth-order valence-corrected chi connectivity index (χ4v) is 2.11. The third-order valence-corrected chi connectivity index (χ3v) is 3.42. The molecule has 0 atom stereocenters. The molecule has 0 radical (unpaired) electrons. The lowest BCUT2D eigenvalue weighted by atomic mass is 10.2. The molecule has 0 aliphatic rings. The number of benzene rings is 1. The van der Waals surface area contributed by atoms with Crippen molar-refractivity contribution in [1.82, 2.24) is 5.32 Å². The van der Waals surface area contributed by atoms with Crippen LogP contribution in [0.4, 0.5) is 10.5 Å². The minimum absolute atomic E-state index is 0.256. The van der Waals surface area contributed by atoms with E-state index in [9.17, 15) is 10.0 Å². The zero-order valence-electron chi connectivity index (χ0n) is 14.8. The maximum atomic E-state index is 11.9. The molecule has 0 aliphatic carbocycles. The fraction of sp³-hybridized carbons (Fsp3) is 0.611. The van der Waals surface area contributed by atoms with Gasteiger partial charge in [-0.1, -0.05) is 38.8 Å². The average Bonchev–Trinajstić information content (AvgIpc) is 2.61. The summed E-state index contributed by atoms with van der Waals surface area (Å²) in [6, 6.07) is 6.89. The molecule has 0 spiro atoms. The van der Waals surface area contributed by atoms with Gasteiger partial charge in [0.15, 0.2) is 0 Å². The van der Waals surface area contributed by atoms with Gasteiger partial charge in [-0.3, -0.25) is 5.21 Å². The Kier molecular flexibility index (Phi) is 10.6. The summed E-state index contributed by atoms with van der Waals surface area (Å²) in [6.07, 6.45) is 4.10. The number of rotatable bonds is 12. The van der Waals surface area contributed by atoms with Gasteiger partial charge in [0.2, 0.25) is 0 Å². The molecular weight excluding hydrogens is 308 g/mol. The molecule has 0 fully saturated rings. The van der Waals surface area contributed by atoms with Crippen LogP contribution in [0.15, 0.2) is 24.3 Å². The number of carbonyl (C=O) groups is 1. The summed E-state index contributed by atoms with van der Waals surface area (Å²) in [5.41, 5.74) is 0.295. The van der Waals surface area contributed by atoms with E-state index in [2.05, 4.69) is 19.2 Å². The molecule has 24 heavy (non-hydrogen) atoms. The number of para-hydroxylation sites is 2. The summed E-state index contributed by atoms with van der Waals surface area (Å²) in [5, 5.41) is 13.8. The Hall–Kier alpha value is -1.79. The quantitative estimate of drug-likeness (QED) is 0.343. The molecule has 1 aromatic rings. The van der Waals surface area contributed by atoms with E-state index in [-0.39, 0.29) is 6.61 Å². The smallest absolute Gasteiger partial charge is 0.438 e. The van der Waals surface area contributed by atoms with Crippen LogP contribution in [-0.4, -0.2) is 37.6 Å². The van der Waals surface area contributed by atoms with Gasteiger partial charge in [-0.2, -0.15) is 5.06 Å². The van der Waals surface area contributed by atoms with Gasteiger partial charge >= 0.3 is 6.09 Å². The van der Waals surface area contributed by atoms with Gasteiger partial charge < -0.3 is 14.8 Å². The number of nitrogens with zero attached hydrogens (tertiary/aromatic N) is 1. The minimum Gasteiger partial charge on any atom is -0.491 e. The number of ether oxygens (including phenoxy) is 2. The highest BCUT2D eigenvalue weighted by Gasteiger charge is 2.18. The highest BCUT2D eigenvalue weighted by Crippen LogP contribution is 2.27. The molecule has 0 saturated heterocycles. The topological polar surface area (TPSA) is 71.0 Å². The predicted octanol–water partition coefficient (Wildman–Crippen LogP) is 3.98. The van der Waals surface area contributed by atoms with Gasteiger partial charge in [0.25, 0.3) is 0 Å². The van der Waals surface area contributed by atoms with Crippen molar-refractivity contribution >= 4 is 11.8 Å².